The highest BCUT2D eigenvalue weighted by atomic mass is 16.1. The molecule has 162 valence electrons. The molecule has 0 atom stereocenters. The van der Waals surface area contributed by atoms with Crippen molar-refractivity contribution in [2.75, 3.05) is 43.4 Å². The van der Waals surface area contributed by atoms with Crippen molar-refractivity contribution in [2.45, 2.75) is 0 Å². The summed E-state index contributed by atoms with van der Waals surface area (Å²) in [5.74, 6) is 1.15. The number of anilines is 2. The lowest BCUT2D eigenvalue weighted by Crippen LogP contribution is -2.44. The Morgan fingerprint density at radius 3 is 2.50 bits per heavy atom. The molecule has 4 aromatic rings. The molecule has 9 nitrogen and oxygen atoms in total. The van der Waals surface area contributed by atoms with E-state index in [0.717, 1.165) is 54.0 Å². The van der Waals surface area contributed by atoms with Crippen LogP contribution in [0.25, 0.3) is 22.0 Å². The number of aromatic nitrogens is 5. The van der Waals surface area contributed by atoms with E-state index in [9.17, 15) is 4.79 Å². The number of amides is 1. The van der Waals surface area contributed by atoms with Crippen LogP contribution in [0.1, 0.15) is 10.4 Å². The second-order valence-corrected chi connectivity index (χ2v) is 8.06. The Hall–Kier alpha value is -3.85. The standard InChI is InChI=1S/C23H24N8O/c1-29-7-9-31(10-8-29)22-6-5-18(14-25-22)23(32)26-21-12-19-11-16(3-4-17(19)13-24-21)20-15-30(2)28-27-20/h3-6,11-15H,7-10H2,1-2H3,(H,24,26,32). The number of nitrogens with zero attached hydrogens (tertiary/aromatic N) is 7. The maximum Gasteiger partial charge on any atom is 0.258 e. The predicted molar refractivity (Wildman–Crippen MR) is 124 cm³/mol. The van der Waals surface area contributed by atoms with Gasteiger partial charge in [0, 0.05) is 56.6 Å². The quantitative estimate of drug-likeness (QED) is 0.534. The molecule has 1 aliphatic heterocycles. The number of fused-ring (bicyclic) bond motifs is 1. The number of likely N-dealkylation sites (N-methyl/N-ethyl adjacent to an activating group) is 1. The number of piperazine rings is 1. The molecule has 1 N–H and O–H groups in total. The van der Waals surface area contributed by atoms with Crippen LogP contribution in [0, 0.1) is 0 Å². The molecular weight excluding hydrogens is 404 g/mol. The van der Waals surface area contributed by atoms with E-state index >= 15 is 0 Å². The van der Waals surface area contributed by atoms with Crippen molar-refractivity contribution in [1.29, 1.82) is 0 Å². The van der Waals surface area contributed by atoms with E-state index in [0.29, 0.717) is 11.4 Å². The van der Waals surface area contributed by atoms with Crippen LogP contribution in [-0.2, 0) is 7.05 Å². The van der Waals surface area contributed by atoms with Crippen molar-refractivity contribution < 1.29 is 4.79 Å². The minimum absolute atomic E-state index is 0.237. The van der Waals surface area contributed by atoms with Crippen LogP contribution in [0.5, 0.6) is 0 Å². The van der Waals surface area contributed by atoms with Gasteiger partial charge in [0.1, 0.15) is 17.3 Å². The Bertz CT molecular complexity index is 1260. The summed E-state index contributed by atoms with van der Waals surface area (Å²) in [6.07, 6.45) is 5.24. The van der Waals surface area contributed by atoms with Crippen molar-refractivity contribution in [3.05, 3.63) is 60.6 Å². The summed E-state index contributed by atoms with van der Waals surface area (Å²) < 4.78 is 1.67. The number of nitrogens with one attached hydrogen (secondary N) is 1. The fourth-order valence-electron chi connectivity index (χ4n) is 3.78. The molecule has 4 heterocycles. The van der Waals surface area contributed by atoms with Crippen molar-refractivity contribution in [1.82, 2.24) is 29.9 Å². The van der Waals surface area contributed by atoms with Crippen molar-refractivity contribution in [3.8, 4) is 11.3 Å². The number of hydrogen-bond donors (Lipinski definition) is 1. The third-order valence-electron chi connectivity index (χ3n) is 5.70. The summed E-state index contributed by atoms with van der Waals surface area (Å²) in [5, 5.41) is 13.0. The molecule has 9 heteroatoms. The van der Waals surface area contributed by atoms with Gasteiger partial charge in [0.15, 0.2) is 0 Å². The SMILES string of the molecule is CN1CCN(c2ccc(C(=O)Nc3cc4cc(-c5cn(C)nn5)ccc4cn3)cn2)CC1. The van der Waals surface area contributed by atoms with Crippen LogP contribution in [0.4, 0.5) is 11.6 Å². The van der Waals surface area contributed by atoms with E-state index in [1.54, 1.807) is 17.1 Å². The van der Waals surface area contributed by atoms with Crippen LogP contribution in [0.2, 0.25) is 0 Å². The van der Waals surface area contributed by atoms with Crippen molar-refractivity contribution >= 4 is 28.3 Å². The monoisotopic (exact) mass is 428 g/mol. The van der Waals surface area contributed by atoms with Gasteiger partial charge < -0.3 is 15.1 Å². The second kappa shape index (κ2) is 8.35. The Balaban J connectivity index is 1.31. The first-order chi connectivity index (χ1) is 15.5. The van der Waals surface area contributed by atoms with Gasteiger partial charge in [-0.25, -0.2) is 9.97 Å². The summed E-state index contributed by atoms with van der Waals surface area (Å²) in [6.45, 7) is 3.89. The number of rotatable bonds is 4. The number of carbonyl (C=O) groups is 1. The summed E-state index contributed by atoms with van der Waals surface area (Å²) in [5.41, 5.74) is 2.25. The molecule has 32 heavy (non-hydrogen) atoms. The lowest BCUT2D eigenvalue weighted by Gasteiger charge is -2.33. The smallest absolute Gasteiger partial charge is 0.258 e. The van der Waals surface area contributed by atoms with Crippen LogP contribution >= 0.6 is 0 Å². The molecule has 1 amide bonds. The van der Waals surface area contributed by atoms with Gasteiger partial charge in [-0.1, -0.05) is 17.3 Å². The number of hydrogen-bond acceptors (Lipinski definition) is 7. The van der Waals surface area contributed by atoms with Gasteiger partial charge in [0.25, 0.3) is 5.91 Å². The minimum atomic E-state index is -0.237. The van der Waals surface area contributed by atoms with E-state index in [-0.39, 0.29) is 5.91 Å². The molecule has 0 aliphatic carbocycles. The lowest BCUT2D eigenvalue weighted by atomic mass is 10.1. The van der Waals surface area contributed by atoms with Gasteiger partial charge >= 0.3 is 0 Å². The summed E-state index contributed by atoms with van der Waals surface area (Å²) in [7, 11) is 3.96. The average Bonchev–Trinajstić information content (AvgIpc) is 3.25. The van der Waals surface area contributed by atoms with E-state index < -0.39 is 0 Å². The van der Waals surface area contributed by atoms with Gasteiger partial charge in [-0.3, -0.25) is 9.48 Å². The number of carbonyl (C=O) groups excluding carboxylic acids is 1. The molecule has 3 aromatic heterocycles. The second-order valence-electron chi connectivity index (χ2n) is 8.06. The number of aryl methyl sites for hydroxylation is 1. The molecule has 5 rings (SSSR count). The normalized spacial score (nSPS) is 14.6. The fraction of sp³-hybridized carbons (Fsp3) is 0.261. The molecule has 0 bridgehead atoms. The highest BCUT2D eigenvalue weighted by Gasteiger charge is 2.16. The van der Waals surface area contributed by atoms with E-state index in [4.69, 9.17) is 0 Å². The van der Waals surface area contributed by atoms with E-state index in [1.165, 1.54) is 0 Å². The topological polar surface area (TPSA) is 92.1 Å². The largest absolute Gasteiger partial charge is 0.354 e. The molecule has 0 spiro atoms. The lowest BCUT2D eigenvalue weighted by molar-refractivity contribution is 0.102. The summed E-state index contributed by atoms with van der Waals surface area (Å²) in [4.78, 5) is 26.2. The first-order valence-corrected chi connectivity index (χ1v) is 10.5. The highest BCUT2D eigenvalue weighted by Crippen LogP contribution is 2.24. The van der Waals surface area contributed by atoms with Gasteiger partial charge in [-0.05, 0) is 36.7 Å². The van der Waals surface area contributed by atoms with Crippen LogP contribution < -0.4 is 10.2 Å². The number of benzene rings is 1. The predicted octanol–water partition coefficient (Wildman–Crippen LogP) is 2.43. The zero-order valence-corrected chi connectivity index (χ0v) is 18.1. The molecular formula is C23H24N8O. The van der Waals surface area contributed by atoms with Crippen LogP contribution in [0.15, 0.2) is 55.0 Å². The van der Waals surface area contributed by atoms with Gasteiger partial charge in [0.2, 0.25) is 0 Å². The molecule has 0 unspecified atom stereocenters. The van der Waals surface area contributed by atoms with E-state index in [1.807, 2.05) is 49.6 Å². The maximum atomic E-state index is 12.7. The first kappa shape index (κ1) is 20.1. The molecule has 0 radical (unpaired) electrons. The summed E-state index contributed by atoms with van der Waals surface area (Å²) in [6, 6.07) is 11.6. The molecule has 0 saturated carbocycles. The summed E-state index contributed by atoms with van der Waals surface area (Å²) >= 11 is 0. The molecule has 1 saturated heterocycles. The molecule has 1 aromatic carbocycles. The van der Waals surface area contributed by atoms with Gasteiger partial charge in [-0.2, -0.15) is 0 Å². The Labute approximate surface area is 185 Å². The Kier molecular flexibility index (Phi) is 5.24. The first-order valence-electron chi connectivity index (χ1n) is 10.5. The Morgan fingerprint density at radius 2 is 1.78 bits per heavy atom. The van der Waals surface area contributed by atoms with Crippen LogP contribution in [0.3, 0.4) is 0 Å². The third kappa shape index (κ3) is 4.15. The van der Waals surface area contributed by atoms with Gasteiger partial charge in [-0.15, -0.1) is 5.10 Å². The van der Waals surface area contributed by atoms with Crippen LogP contribution in [-0.4, -0.2) is 69.0 Å². The van der Waals surface area contributed by atoms with Gasteiger partial charge in [0.05, 0.1) is 11.8 Å². The minimum Gasteiger partial charge on any atom is -0.354 e. The number of pyridine rings is 2. The third-order valence-corrected chi connectivity index (χ3v) is 5.70. The zero-order valence-electron chi connectivity index (χ0n) is 18.1. The van der Waals surface area contributed by atoms with E-state index in [2.05, 4.69) is 42.4 Å². The molecule has 1 fully saturated rings. The average molecular weight is 429 g/mol. The maximum absolute atomic E-state index is 12.7. The van der Waals surface area contributed by atoms with Crippen molar-refractivity contribution in [2.24, 2.45) is 7.05 Å². The van der Waals surface area contributed by atoms with Crippen molar-refractivity contribution in [3.63, 3.8) is 0 Å². The highest BCUT2D eigenvalue weighted by molar-refractivity contribution is 6.04. The molecule has 1 aliphatic rings. The fourth-order valence-corrected chi connectivity index (χ4v) is 3.78. The zero-order chi connectivity index (χ0) is 22.1. The Morgan fingerprint density at radius 1 is 0.938 bits per heavy atom.